The zero-order valence-electron chi connectivity index (χ0n) is 10.3. The van der Waals surface area contributed by atoms with Gasteiger partial charge in [0.2, 0.25) is 5.91 Å². The second-order valence-electron chi connectivity index (χ2n) is 3.92. The van der Waals surface area contributed by atoms with Crippen molar-refractivity contribution in [3.8, 4) is 0 Å². The highest BCUT2D eigenvalue weighted by Gasteiger charge is 2.13. The van der Waals surface area contributed by atoms with Crippen LogP contribution in [0.15, 0.2) is 30.3 Å². The van der Waals surface area contributed by atoms with Gasteiger partial charge in [0.15, 0.2) is 0 Å². The van der Waals surface area contributed by atoms with Crippen molar-refractivity contribution in [3.05, 3.63) is 35.9 Å². The Kier molecular flexibility index (Phi) is 6.28. The van der Waals surface area contributed by atoms with Gasteiger partial charge < -0.3 is 10.4 Å². The Bertz CT molecular complexity index is 394. The number of nitrogens with one attached hydrogen (secondary N) is 1. The normalized spacial score (nSPS) is 11.8. The molecule has 0 unspecified atom stereocenters. The van der Waals surface area contributed by atoms with E-state index in [2.05, 4.69) is 5.32 Å². The number of carbonyl (C=O) groups is 2. The minimum Gasteiger partial charge on any atom is -0.480 e. The average molecular weight is 267 g/mol. The van der Waals surface area contributed by atoms with Crippen molar-refractivity contribution in [3.63, 3.8) is 0 Å². The van der Waals surface area contributed by atoms with Crippen molar-refractivity contribution in [1.29, 1.82) is 0 Å². The molecule has 0 radical (unpaired) electrons. The van der Waals surface area contributed by atoms with Crippen molar-refractivity contribution < 1.29 is 14.7 Å². The SMILES string of the molecule is C[C@@H](NC(=O)CCSCc1ccccc1)C(=O)O. The van der Waals surface area contributed by atoms with E-state index >= 15 is 0 Å². The zero-order valence-corrected chi connectivity index (χ0v) is 11.1. The minimum atomic E-state index is -1.01. The summed E-state index contributed by atoms with van der Waals surface area (Å²) >= 11 is 1.66. The molecule has 0 saturated carbocycles. The van der Waals surface area contributed by atoms with Crippen molar-refractivity contribution in [2.24, 2.45) is 0 Å². The Hall–Kier alpha value is -1.49. The smallest absolute Gasteiger partial charge is 0.325 e. The topological polar surface area (TPSA) is 66.4 Å². The molecule has 1 aromatic carbocycles. The Balaban J connectivity index is 2.14. The van der Waals surface area contributed by atoms with Gasteiger partial charge in [-0.2, -0.15) is 11.8 Å². The van der Waals surface area contributed by atoms with Crippen molar-refractivity contribution >= 4 is 23.6 Å². The molecule has 0 fully saturated rings. The van der Waals surface area contributed by atoms with E-state index in [9.17, 15) is 9.59 Å². The van der Waals surface area contributed by atoms with E-state index in [0.29, 0.717) is 12.2 Å². The average Bonchev–Trinajstić information content (AvgIpc) is 2.35. The highest BCUT2D eigenvalue weighted by molar-refractivity contribution is 7.98. The lowest BCUT2D eigenvalue weighted by Crippen LogP contribution is -2.38. The summed E-state index contributed by atoms with van der Waals surface area (Å²) in [5.74, 6) is 0.320. The van der Waals surface area contributed by atoms with E-state index in [1.165, 1.54) is 12.5 Å². The van der Waals surface area contributed by atoms with Crippen LogP contribution in [0.5, 0.6) is 0 Å². The van der Waals surface area contributed by atoms with Crippen LogP contribution < -0.4 is 5.32 Å². The molecule has 0 saturated heterocycles. The van der Waals surface area contributed by atoms with E-state index < -0.39 is 12.0 Å². The quantitative estimate of drug-likeness (QED) is 0.740. The number of thioether (sulfide) groups is 1. The predicted octanol–water partition coefficient (Wildman–Crippen LogP) is 1.90. The summed E-state index contributed by atoms with van der Waals surface area (Å²) in [5.41, 5.74) is 1.22. The lowest BCUT2D eigenvalue weighted by molar-refractivity contribution is -0.141. The molecule has 0 spiro atoms. The Morgan fingerprint density at radius 3 is 2.61 bits per heavy atom. The molecule has 0 aromatic heterocycles. The van der Waals surface area contributed by atoms with E-state index in [0.717, 1.165) is 5.75 Å². The molecule has 0 heterocycles. The van der Waals surface area contributed by atoms with E-state index in [-0.39, 0.29) is 5.91 Å². The third kappa shape index (κ3) is 5.72. The van der Waals surface area contributed by atoms with Crippen molar-refractivity contribution in [2.75, 3.05) is 5.75 Å². The summed E-state index contributed by atoms with van der Waals surface area (Å²) in [6.07, 6.45) is 0.342. The first-order valence-electron chi connectivity index (χ1n) is 5.73. The molecule has 0 aliphatic rings. The molecular weight excluding hydrogens is 250 g/mol. The molecule has 0 bridgehead atoms. The lowest BCUT2D eigenvalue weighted by atomic mass is 10.2. The molecule has 4 nitrogen and oxygen atoms in total. The largest absolute Gasteiger partial charge is 0.480 e. The summed E-state index contributed by atoms with van der Waals surface area (Å²) in [5, 5.41) is 11.1. The summed E-state index contributed by atoms with van der Waals surface area (Å²) < 4.78 is 0. The van der Waals surface area contributed by atoms with E-state index in [4.69, 9.17) is 5.11 Å². The van der Waals surface area contributed by atoms with Gasteiger partial charge >= 0.3 is 5.97 Å². The fourth-order valence-electron chi connectivity index (χ4n) is 1.30. The molecule has 5 heteroatoms. The third-order valence-electron chi connectivity index (χ3n) is 2.33. The molecular formula is C13H17NO3S. The van der Waals surface area contributed by atoms with Crippen LogP contribution in [-0.4, -0.2) is 28.8 Å². The minimum absolute atomic E-state index is 0.217. The molecule has 0 aliphatic carbocycles. The van der Waals surface area contributed by atoms with Crippen LogP contribution in [0, 0.1) is 0 Å². The first kappa shape index (κ1) is 14.6. The van der Waals surface area contributed by atoms with Crippen LogP contribution in [0.25, 0.3) is 0 Å². The summed E-state index contributed by atoms with van der Waals surface area (Å²) in [6, 6.07) is 9.19. The number of amides is 1. The van der Waals surface area contributed by atoms with Crippen LogP contribution in [0.2, 0.25) is 0 Å². The standard InChI is InChI=1S/C13H17NO3S/c1-10(13(16)17)14-12(15)7-8-18-9-11-5-3-2-4-6-11/h2-6,10H,7-9H2,1H3,(H,14,15)(H,16,17)/t10-/m1/s1. The van der Waals surface area contributed by atoms with Crippen LogP contribution in [-0.2, 0) is 15.3 Å². The van der Waals surface area contributed by atoms with Gasteiger partial charge in [-0.1, -0.05) is 30.3 Å². The molecule has 98 valence electrons. The van der Waals surface area contributed by atoms with Crippen LogP contribution in [0.4, 0.5) is 0 Å². The van der Waals surface area contributed by atoms with Crippen LogP contribution in [0.1, 0.15) is 18.9 Å². The first-order valence-corrected chi connectivity index (χ1v) is 6.89. The van der Waals surface area contributed by atoms with E-state index in [1.54, 1.807) is 11.8 Å². The molecule has 1 amide bonds. The van der Waals surface area contributed by atoms with Gasteiger partial charge in [0.1, 0.15) is 6.04 Å². The number of benzene rings is 1. The number of carbonyl (C=O) groups excluding carboxylic acids is 1. The molecule has 1 aromatic rings. The van der Waals surface area contributed by atoms with Gasteiger partial charge in [0.05, 0.1) is 0 Å². The molecule has 18 heavy (non-hydrogen) atoms. The number of hydrogen-bond acceptors (Lipinski definition) is 3. The van der Waals surface area contributed by atoms with Crippen LogP contribution in [0.3, 0.4) is 0 Å². The monoisotopic (exact) mass is 267 g/mol. The first-order chi connectivity index (χ1) is 8.59. The number of hydrogen-bond donors (Lipinski definition) is 2. The second-order valence-corrected chi connectivity index (χ2v) is 5.02. The van der Waals surface area contributed by atoms with Crippen molar-refractivity contribution in [1.82, 2.24) is 5.32 Å². The predicted molar refractivity (Wildman–Crippen MR) is 72.5 cm³/mol. The van der Waals surface area contributed by atoms with Gasteiger partial charge in [0.25, 0.3) is 0 Å². The Morgan fingerprint density at radius 1 is 1.33 bits per heavy atom. The molecule has 2 N–H and O–H groups in total. The van der Waals surface area contributed by atoms with Gasteiger partial charge in [-0.25, -0.2) is 0 Å². The Morgan fingerprint density at radius 2 is 2.00 bits per heavy atom. The highest BCUT2D eigenvalue weighted by Crippen LogP contribution is 2.12. The van der Waals surface area contributed by atoms with Crippen LogP contribution >= 0.6 is 11.8 Å². The number of rotatable bonds is 7. The maximum Gasteiger partial charge on any atom is 0.325 e. The fraction of sp³-hybridized carbons (Fsp3) is 0.385. The molecule has 1 rings (SSSR count). The fourth-order valence-corrected chi connectivity index (χ4v) is 2.21. The number of aliphatic carboxylic acids is 1. The van der Waals surface area contributed by atoms with Gasteiger partial charge in [-0.15, -0.1) is 0 Å². The van der Waals surface area contributed by atoms with Gasteiger partial charge in [0, 0.05) is 17.9 Å². The van der Waals surface area contributed by atoms with Gasteiger partial charge in [-0.3, -0.25) is 9.59 Å². The number of carboxylic acids is 1. The maximum absolute atomic E-state index is 11.4. The summed E-state index contributed by atoms with van der Waals surface area (Å²) in [4.78, 5) is 21.9. The summed E-state index contributed by atoms with van der Waals surface area (Å²) in [7, 11) is 0. The second kappa shape index (κ2) is 7.76. The molecule has 0 aliphatic heterocycles. The molecule has 1 atom stereocenters. The zero-order chi connectivity index (χ0) is 13.4. The van der Waals surface area contributed by atoms with Gasteiger partial charge in [-0.05, 0) is 12.5 Å². The number of carboxylic acid groups (broad SMARTS) is 1. The Labute approximate surface area is 111 Å². The van der Waals surface area contributed by atoms with E-state index in [1.807, 2.05) is 30.3 Å². The highest BCUT2D eigenvalue weighted by atomic mass is 32.2. The summed E-state index contributed by atoms with van der Waals surface area (Å²) in [6.45, 7) is 1.46. The van der Waals surface area contributed by atoms with Crippen molar-refractivity contribution in [2.45, 2.75) is 25.1 Å². The maximum atomic E-state index is 11.4. The third-order valence-corrected chi connectivity index (χ3v) is 3.36. The lowest BCUT2D eigenvalue weighted by Gasteiger charge is -2.08.